The predicted octanol–water partition coefficient (Wildman–Crippen LogP) is 3.74. The van der Waals surface area contributed by atoms with Crippen molar-refractivity contribution in [2.24, 2.45) is 17.8 Å². The molecule has 2 aliphatic carbocycles. The molecule has 6 unspecified atom stereocenters. The average molecular weight is 427 g/mol. The molecule has 5 rings (SSSR count). The zero-order valence-corrected chi connectivity index (χ0v) is 18.7. The normalized spacial score (nSPS) is 35.2. The van der Waals surface area contributed by atoms with Gasteiger partial charge in [0.25, 0.3) is 0 Å². The highest BCUT2D eigenvalue weighted by atomic mass is 16.5. The summed E-state index contributed by atoms with van der Waals surface area (Å²) in [7, 11) is 0. The smallest absolute Gasteiger partial charge is 0.225 e. The van der Waals surface area contributed by atoms with Gasteiger partial charge in [-0.3, -0.25) is 5.10 Å². The Morgan fingerprint density at radius 1 is 1.19 bits per heavy atom. The Labute approximate surface area is 183 Å². The number of aromatic nitrogens is 4. The largest absolute Gasteiger partial charge is 0.390 e. The Bertz CT molecular complexity index is 921. The molecular weight excluding hydrogens is 392 g/mol. The molecule has 2 aromatic rings. The molecule has 2 aromatic heterocycles. The molecule has 3 heterocycles. The van der Waals surface area contributed by atoms with Crippen LogP contribution in [0.5, 0.6) is 0 Å². The molecule has 0 spiro atoms. The van der Waals surface area contributed by atoms with E-state index in [1.807, 2.05) is 26.0 Å². The van der Waals surface area contributed by atoms with Gasteiger partial charge in [-0.25, -0.2) is 4.98 Å². The van der Waals surface area contributed by atoms with Gasteiger partial charge in [-0.15, -0.1) is 0 Å². The van der Waals surface area contributed by atoms with Crippen LogP contribution in [0.2, 0.25) is 0 Å². The number of aromatic amines is 1. The molecule has 3 aliphatic rings. The minimum absolute atomic E-state index is 0.263. The minimum Gasteiger partial charge on any atom is -0.390 e. The van der Waals surface area contributed by atoms with Crippen molar-refractivity contribution in [3.8, 4) is 0 Å². The quantitative estimate of drug-likeness (QED) is 0.577. The van der Waals surface area contributed by atoms with Crippen LogP contribution in [-0.4, -0.2) is 50.1 Å². The van der Waals surface area contributed by atoms with Gasteiger partial charge in [0, 0.05) is 36.4 Å². The SMILES string of the molecule is Cc1cc(Nc2cc(C3CCOC3)nc(NC3C(C)CC4CC3CC(C)(O)C4)n2)n[nH]1. The van der Waals surface area contributed by atoms with Crippen LogP contribution in [-0.2, 0) is 4.74 Å². The molecule has 2 bridgehead atoms. The van der Waals surface area contributed by atoms with E-state index in [1.165, 1.54) is 6.42 Å². The first-order valence-corrected chi connectivity index (χ1v) is 11.6. The molecule has 6 atom stereocenters. The van der Waals surface area contributed by atoms with Gasteiger partial charge in [0.1, 0.15) is 5.82 Å². The van der Waals surface area contributed by atoms with E-state index in [-0.39, 0.29) is 12.0 Å². The van der Waals surface area contributed by atoms with Crippen LogP contribution in [0.1, 0.15) is 63.3 Å². The molecule has 4 N–H and O–H groups in total. The molecule has 2 saturated carbocycles. The second kappa shape index (κ2) is 8.06. The third-order valence-corrected chi connectivity index (χ3v) is 7.24. The monoisotopic (exact) mass is 426 g/mol. The van der Waals surface area contributed by atoms with E-state index >= 15 is 0 Å². The lowest BCUT2D eigenvalue weighted by Gasteiger charge is -2.49. The second-order valence-electron chi connectivity index (χ2n) is 10.3. The number of anilines is 3. The summed E-state index contributed by atoms with van der Waals surface area (Å²) in [6.07, 6.45) is 5.04. The number of hydrogen-bond donors (Lipinski definition) is 4. The lowest BCUT2D eigenvalue weighted by molar-refractivity contribution is -0.0502. The number of nitrogens with one attached hydrogen (secondary N) is 3. The first-order chi connectivity index (χ1) is 14.8. The van der Waals surface area contributed by atoms with Gasteiger partial charge in [0.05, 0.1) is 17.9 Å². The Morgan fingerprint density at radius 3 is 2.81 bits per heavy atom. The summed E-state index contributed by atoms with van der Waals surface area (Å²) >= 11 is 0. The van der Waals surface area contributed by atoms with E-state index < -0.39 is 5.60 Å². The highest BCUT2D eigenvalue weighted by Gasteiger charge is 2.45. The number of nitrogens with zero attached hydrogens (tertiary/aromatic N) is 3. The zero-order chi connectivity index (χ0) is 21.6. The standard InChI is InChI=1S/C23H34N6O2/c1-13-6-15-8-17(11-23(3,30)10-15)21(13)27-22-24-18(16-4-5-31-12-16)9-19(26-22)25-20-7-14(2)28-29-20/h7,9,13,15-17,21,30H,4-6,8,10-12H2,1-3H3,(H3,24,25,26,27,28,29). The summed E-state index contributed by atoms with van der Waals surface area (Å²) in [5, 5.41) is 25.0. The van der Waals surface area contributed by atoms with E-state index in [2.05, 4.69) is 27.8 Å². The number of ether oxygens (including phenoxy) is 1. The summed E-state index contributed by atoms with van der Waals surface area (Å²) in [5.41, 5.74) is 1.43. The van der Waals surface area contributed by atoms with Gasteiger partial charge in [-0.2, -0.15) is 10.1 Å². The molecule has 1 aliphatic heterocycles. The fourth-order valence-corrected chi connectivity index (χ4v) is 6.05. The van der Waals surface area contributed by atoms with E-state index in [0.717, 1.165) is 55.3 Å². The third-order valence-electron chi connectivity index (χ3n) is 7.24. The van der Waals surface area contributed by atoms with E-state index in [9.17, 15) is 5.11 Å². The highest BCUT2D eigenvalue weighted by molar-refractivity contribution is 5.54. The van der Waals surface area contributed by atoms with Crippen molar-refractivity contribution >= 4 is 17.6 Å². The molecule has 8 nitrogen and oxygen atoms in total. The van der Waals surface area contributed by atoms with Gasteiger partial charge >= 0.3 is 0 Å². The molecule has 0 radical (unpaired) electrons. The average Bonchev–Trinajstić information content (AvgIpc) is 3.35. The van der Waals surface area contributed by atoms with E-state index in [4.69, 9.17) is 14.7 Å². The zero-order valence-electron chi connectivity index (χ0n) is 18.7. The maximum Gasteiger partial charge on any atom is 0.225 e. The van der Waals surface area contributed by atoms with Crippen molar-refractivity contribution in [3.05, 3.63) is 23.5 Å². The molecule has 3 fully saturated rings. The van der Waals surface area contributed by atoms with Crippen LogP contribution in [0.15, 0.2) is 12.1 Å². The van der Waals surface area contributed by atoms with Gasteiger partial charge in [0.2, 0.25) is 5.95 Å². The van der Waals surface area contributed by atoms with Crippen molar-refractivity contribution in [2.45, 2.75) is 70.4 Å². The molecule has 31 heavy (non-hydrogen) atoms. The summed E-state index contributed by atoms with van der Waals surface area (Å²) in [4.78, 5) is 9.69. The molecular formula is C23H34N6O2. The molecule has 0 aromatic carbocycles. The Hall–Kier alpha value is -2.19. The summed E-state index contributed by atoms with van der Waals surface area (Å²) in [6, 6.07) is 4.24. The minimum atomic E-state index is -0.567. The van der Waals surface area contributed by atoms with Gasteiger partial charge < -0.3 is 20.5 Å². The number of aliphatic hydroxyl groups is 1. The third kappa shape index (κ3) is 4.55. The first kappa shape index (κ1) is 20.7. The number of rotatable bonds is 5. The Morgan fingerprint density at radius 2 is 2.06 bits per heavy atom. The molecule has 168 valence electrons. The van der Waals surface area contributed by atoms with E-state index in [0.29, 0.717) is 30.3 Å². The maximum absolute atomic E-state index is 10.8. The number of aryl methyl sites for hydroxylation is 1. The Kier molecular flexibility index (Phi) is 5.38. The number of H-pyrrole nitrogens is 1. The van der Waals surface area contributed by atoms with Gasteiger partial charge in [-0.05, 0) is 63.7 Å². The first-order valence-electron chi connectivity index (χ1n) is 11.6. The van der Waals surface area contributed by atoms with Crippen molar-refractivity contribution < 1.29 is 9.84 Å². The fourth-order valence-electron chi connectivity index (χ4n) is 6.05. The maximum atomic E-state index is 10.8. The topological polar surface area (TPSA) is 108 Å². The van der Waals surface area contributed by atoms with Crippen LogP contribution in [0.4, 0.5) is 17.6 Å². The van der Waals surface area contributed by atoms with Crippen LogP contribution >= 0.6 is 0 Å². The van der Waals surface area contributed by atoms with Crippen LogP contribution in [0.3, 0.4) is 0 Å². The summed E-state index contributed by atoms with van der Waals surface area (Å²) in [6.45, 7) is 7.76. The van der Waals surface area contributed by atoms with Crippen LogP contribution in [0.25, 0.3) is 0 Å². The van der Waals surface area contributed by atoms with Crippen molar-refractivity contribution in [2.75, 3.05) is 23.8 Å². The molecule has 0 amide bonds. The van der Waals surface area contributed by atoms with Crippen molar-refractivity contribution in [3.63, 3.8) is 0 Å². The lowest BCUT2D eigenvalue weighted by atomic mass is 9.61. The lowest BCUT2D eigenvalue weighted by Crippen LogP contribution is -2.50. The molecule has 8 heteroatoms. The van der Waals surface area contributed by atoms with Crippen LogP contribution < -0.4 is 10.6 Å². The van der Waals surface area contributed by atoms with Gasteiger partial charge in [0.15, 0.2) is 5.82 Å². The van der Waals surface area contributed by atoms with E-state index in [1.54, 1.807) is 0 Å². The summed E-state index contributed by atoms with van der Waals surface area (Å²) < 4.78 is 5.61. The van der Waals surface area contributed by atoms with Crippen LogP contribution in [0, 0.1) is 24.7 Å². The Balaban J connectivity index is 1.41. The summed E-state index contributed by atoms with van der Waals surface area (Å²) in [5.74, 6) is 3.99. The predicted molar refractivity (Wildman–Crippen MR) is 119 cm³/mol. The van der Waals surface area contributed by atoms with Crippen molar-refractivity contribution in [1.82, 2.24) is 20.2 Å². The molecule has 1 saturated heterocycles. The fraction of sp³-hybridized carbons (Fsp3) is 0.696. The number of fused-ring (bicyclic) bond motifs is 2. The highest BCUT2D eigenvalue weighted by Crippen LogP contribution is 2.47. The second-order valence-corrected chi connectivity index (χ2v) is 10.3. The van der Waals surface area contributed by atoms with Crippen molar-refractivity contribution in [1.29, 1.82) is 0 Å². The van der Waals surface area contributed by atoms with Gasteiger partial charge in [-0.1, -0.05) is 6.92 Å². The number of hydrogen-bond acceptors (Lipinski definition) is 7.